The molecule has 0 aromatic carbocycles. The smallest absolute Gasteiger partial charge is 0.147 e. The summed E-state index contributed by atoms with van der Waals surface area (Å²) in [5.74, 6) is 1.00. The van der Waals surface area contributed by atoms with Crippen LogP contribution in [0.3, 0.4) is 0 Å². The van der Waals surface area contributed by atoms with E-state index in [-0.39, 0.29) is 0 Å². The lowest BCUT2D eigenvalue weighted by Crippen LogP contribution is -2.29. The second kappa shape index (κ2) is 5.93. The number of hydrogen-bond donors (Lipinski definition) is 1. The number of rotatable bonds is 3. The van der Waals surface area contributed by atoms with E-state index in [0.29, 0.717) is 0 Å². The van der Waals surface area contributed by atoms with Gasteiger partial charge in [-0.2, -0.15) is 0 Å². The first-order valence-corrected chi connectivity index (χ1v) is 6.18. The zero-order chi connectivity index (χ0) is 12.1. The van der Waals surface area contributed by atoms with Crippen molar-refractivity contribution in [3.63, 3.8) is 0 Å². The number of likely N-dealkylation sites (N-methyl/N-ethyl adjacent to an activating group) is 1. The Balaban J connectivity index is 2.00. The summed E-state index contributed by atoms with van der Waals surface area (Å²) in [7, 11) is 4.09. The van der Waals surface area contributed by atoms with Gasteiger partial charge in [0.1, 0.15) is 5.82 Å². The molecule has 2 rings (SSSR count). The van der Waals surface area contributed by atoms with Gasteiger partial charge in [-0.3, -0.25) is 4.98 Å². The molecule has 5 nitrogen and oxygen atoms in total. The van der Waals surface area contributed by atoms with Gasteiger partial charge in [0.05, 0.1) is 18.1 Å². The van der Waals surface area contributed by atoms with Crippen molar-refractivity contribution in [2.75, 3.05) is 45.2 Å². The molecule has 0 radical (unpaired) electrons. The van der Waals surface area contributed by atoms with Gasteiger partial charge in [-0.05, 0) is 27.1 Å². The lowest BCUT2D eigenvalue weighted by atomic mass is 10.4. The quantitative estimate of drug-likeness (QED) is 0.818. The van der Waals surface area contributed by atoms with Crippen LogP contribution in [0.25, 0.3) is 0 Å². The molecule has 0 spiro atoms. The average molecular weight is 235 g/mol. The number of anilines is 1. The van der Waals surface area contributed by atoms with Crippen LogP contribution in [-0.4, -0.2) is 55.1 Å². The Hall–Kier alpha value is -1.20. The predicted octanol–water partition coefficient (Wildman–Crippen LogP) is 0.338. The molecule has 1 N–H and O–H groups in total. The molecule has 0 bridgehead atoms. The van der Waals surface area contributed by atoms with Crippen LogP contribution in [0.5, 0.6) is 0 Å². The van der Waals surface area contributed by atoms with Crippen LogP contribution in [0.2, 0.25) is 0 Å². The van der Waals surface area contributed by atoms with Crippen molar-refractivity contribution in [1.29, 1.82) is 0 Å². The molecule has 1 aliphatic rings. The highest BCUT2D eigenvalue weighted by molar-refractivity contribution is 5.35. The predicted molar refractivity (Wildman–Crippen MR) is 69.1 cm³/mol. The monoisotopic (exact) mass is 235 g/mol. The number of nitrogens with zero attached hydrogens (tertiary/aromatic N) is 4. The molecule has 1 saturated heterocycles. The largest absolute Gasteiger partial charge is 0.354 e. The van der Waals surface area contributed by atoms with Gasteiger partial charge in [0.25, 0.3) is 0 Å². The fourth-order valence-corrected chi connectivity index (χ4v) is 2.06. The van der Waals surface area contributed by atoms with Crippen LogP contribution in [-0.2, 0) is 6.54 Å². The Morgan fingerprint density at radius 2 is 2.06 bits per heavy atom. The summed E-state index contributed by atoms with van der Waals surface area (Å²) in [6, 6.07) is 0. The van der Waals surface area contributed by atoms with E-state index in [0.717, 1.165) is 37.7 Å². The highest BCUT2D eigenvalue weighted by Gasteiger charge is 2.13. The molecule has 0 saturated carbocycles. The second-order valence-electron chi connectivity index (χ2n) is 4.54. The summed E-state index contributed by atoms with van der Waals surface area (Å²) in [4.78, 5) is 13.6. The van der Waals surface area contributed by atoms with Gasteiger partial charge in [0, 0.05) is 26.2 Å². The van der Waals surface area contributed by atoms with Crippen molar-refractivity contribution in [2.45, 2.75) is 13.0 Å². The molecule has 1 aliphatic heterocycles. The Bertz CT molecular complexity index is 337. The Morgan fingerprint density at radius 1 is 1.18 bits per heavy atom. The van der Waals surface area contributed by atoms with Gasteiger partial charge < -0.3 is 15.1 Å². The zero-order valence-corrected chi connectivity index (χ0v) is 10.7. The topological polar surface area (TPSA) is 44.3 Å². The zero-order valence-electron chi connectivity index (χ0n) is 10.7. The van der Waals surface area contributed by atoms with Crippen molar-refractivity contribution in [3.8, 4) is 0 Å². The molecule has 17 heavy (non-hydrogen) atoms. The van der Waals surface area contributed by atoms with Crippen molar-refractivity contribution in [3.05, 3.63) is 18.1 Å². The van der Waals surface area contributed by atoms with Gasteiger partial charge >= 0.3 is 0 Å². The lowest BCUT2D eigenvalue weighted by Gasteiger charge is -2.21. The third-order valence-electron chi connectivity index (χ3n) is 3.09. The van der Waals surface area contributed by atoms with Crippen LogP contribution in [0, 0.1) is 0 Å². The lowest BCUT2D eigenvalue weighted by molar-refractivity contribution is 0.360. The van der Waals surface area contributed by atoms with E-state index in [2.05, 4.69) is 32.1 Å². The van der Waals surface area contributed by atoms with Gasteiger partial charge in [0.2, 0.25) is 0 Å². The highest BCUT2D eigenvalue weighted by atomic mass is 15.2. The van der Waals surface area contributed by atoms with E-state index in [1.807, 2.05) is 19.4 Å². The SMILES string of the molecule is CNCc1cnc(N2CCCN(C)CC2)cn1. The molecule has 0 unspecified atom stereocenters. The average Bonchev–Trinajstić information content (AvgIpc) is 2.56. The first-order chi connectivity index (χ1) is 8.29. The third-order valence-corrected chi connectivity index (χ3v) is 3.09. The fraction of sp³-hybridized carbons (Fsp3) is 0.667. The maximum absolute atomic E-state index is 4.49. The fourth-order valence-electron chi connectivity index (χ4n) is 2.06. The molecule has 2 heterocycles. The first-order valence-electron chi connectivity index (χ1n) is 6.18. The number of aromatic nitrogens is 2. The number of nitrogens with one attached hydrogen (secondary N) is 1. The minimum Gasteiger partial charge on any atom is -0.354 e. The summed E-state index contributed by atoms with van der Waals surface area (Å²) in [6.45, 7) is 5.15. The summed E-state index contributed by atoms with van der Waals surface area (Å²) < 4.78 is 0. The number of hydrogen-bond acceptors (Lipinski definition) is 5. The van der Waals surface area contributed by atoms with Crippen LogP contribution >= 0.6 is 0 Å². The molecule has 94 valence electrons. The van der Waals surface area contributed by atoms with E-state index >= 15 is 0 Å². The van der Waals surface area contributed by atoms with E-state index in [1.165, 1.54) is 13.0 Å². The van der Waals surface area contributed by atoms with Crippen molar-refractivity contribution < 1.29 is 0 Å². The molecule has 1 fully saturated rings. The van der Waals surface area contributed by atoms with E-state index in [1.54, 1.807) is 0 Å². The third kappa shape index (κ3) is 3.38. The summed E-state index contributed by atoms with van der Waals surface area (Å²) >= 11 is 0. The standard InChI is InChI=1S/C12H21N5/c1-13-8-11-9-15-12(10-14-11)17-5-3-4-16(2)6-7-17/h9-10,13H,3-8H2,1-2H3. The maximum atomic E-state index is 4.49. The highest BCUT2D eigenvalue weighted by Crippen LogP contribution is 2.11. The van der Waals surface area contributed by atoms with E-state index < -0.39 is 0 Å². The normalized spacial score (nSPS) is 18.1. The summed E-state index contributed by atoms with van der Waals surface area (Å²) in [6.07, 6.45) is 4.94. The Kier molecular flexibility index (Phi) is 4.28. The van der Waals surface area contributed by atoms with E-state index in [9.17, 15) is 0 Å². The molecule has 0 amide bonds. The molecule has 0 atom stereocenters. The maximum Gasteiger partial charge on any atom is 0.147 e. The molecule has 0 aliphatic carbocycles. The van der Waals surface area contributed by atoms with Gasteiger partial charge in [-0.25, -0.2) is 4.98 Å². The van der Waals surface area contributed by atoms with Crippen molar-refractivity contribution in [2.24, 2.45) is 0 Å². The summed E-state index contributed by atoms with van der Waals surface area (Å²) in [5.41, 5.74) is 0.989. The van der Waals surface area contributed by atoms with Crippen LogP contribution in [0.1, 0.15) is 12.1 Å². The van der Waals surface area contributed by atoms with E-state index in [4.69, 9.17) is 0 Å². The second-order valence-corrected chi connectivity index (χ2v) is 4.54. The molecule has 1 aromatic heterocycles. The van der Waals surface area contributed by atoms with Gasteiger partial charge in [-0.15, -0.1) is 0 Å². The van der Waals surface area contributed by atoms with Gasteiger partial charge in [-0.1, -0.05) is 0 Å². The minimum atomic E-state index is 0.774. The first kappa shape index (κ1) is 12.3. The van der Waals surface area contributed by atoms with Crippen molar-refractivity contribution in [1.82, 2.24) is 20.2 Å². The minimum absolute atomic E-state index is 0.774. The Labute approximate surface area is 103 Å². The molecular formula is C12H21N5. The van der Waals surface area contributed by atoms with Crippen LogP contribution in [0.15, 0.2) is 12.4 Å². The summed E-state index contributed by atoms with van der Waals surface area (Å²) in [5, 5.41) is 3.08. The van der Waals surface area contributed by atoms with Crippen LogP contribution < -0.4 is 10.2 Å². The van der Waals surface area contributed by atoms with Gasteiger partial charge in [0.15, 0.2) is 0 Å². The van der Waals surface area contributed by atoms with Crippen LogP contribution in [0.4, 0.5) is 5.82 Å². The molecule has 1 aromatic rings. The molecule has 5 heteroatoms. The van der Waals surface area contributed by atoms with Crippen molar-refractivity contribution >= 4 is 5.82 Å². The molecular weight excluding hydrogens is 214 g/mol. The Morgan fingerprint density at radius 3 is 2.76 bits per heavy atom.